The van der Waals surface area contributed by atoms with E-state index in [4.69, 9.17) is 14.2 Å². The Balaban J connectivity index is 1.42. The molecular weight excluding hydrogens is 398 g/mol. The maximum Gasteiger partial charge on any atom is 0.338 e. The van der Waals surface area contributed by atoms with Gasteiger partial charge in [-0.3, -0.25) is 4.79 Å². The summed E-state index contributed by atoms with van der Waals surface area (Å²) in [4.78, 5) is 27.1. The summed E-state index contributed by atoms with van der Waals surface area (Å²) in [5, 5.41) is 0. The smallest absolute Gasteiger partial charge is 0.338 e. The van der Waals surface area contributed by atoms with Gasteiger partial charge >= 0.3 is 5.97 Å². The van der Waals surface area contributed by atoms with Crippen LogP contribution in [0, 0.1) is 0 Å². The number of nitrogens with zero attached hydrogens (tertiary/aromatic N) is 1. The lowest BCUT2D eigenvalue weighted by atomic mass is 9.93. The maximum absolute atomic E-state index is 13.0. The fourth-order valence-corrected chi connectivity index (χ4v) is 6.08. The average Bonchev–Trinajstić information content (AvgIpc) is 3.32. The number of sulfone groups is 1. The fraction of sp³-hybridized carbons (Fsp3) is 0.600. The average molecular weight is 423 g/mol. The number of hydrogen-bond donors (Lipinski definition) is 0. The van der Waals surface area contributed by atoms with Crippen LogP contribution in [0.15, 0.2) is 18.2 Å². The maximum atomic E-state index is 13.0. The van der Waals surface area contributed by atoms with Crippen molar-refractivity contribution in [3.63, 3.8) is 0 Å². The molecule has 0 radical (unpaired) electrons. The zero-order chi connectivity index (χ0) is 20.4. The van der Waals surface area contributed by atoms with Crippen molar-refractivity contribution in [3.05, 3.63) is 23.8 Å². The number of benzene rings is 1. The molecule has 1 aromatic carbocycles. The third-order valence-corrected chi connectivity index (χ3v) is 7.54. The van der Waals surface area contributed by atoms with Crippen LogP contribution in [0.1, 0.15) is 48.9 Å². The minimum Gasteiger partial charge on any atom is -0.454 e. The van der Waals surface area contributed by atoms with Gasteiger partial charge in [-0.25, -0.2) is 13.2 Å². The highest BCUT2D eigenvalue weighted by molar-refractivity contribution is 7.91. The van der Waals surface area contributed by atoms with Crippen molar-refractivity contribution in [2.45, 2.75) is 50.6 Å². The van der Waals surface area contributed by atoms with Crippen LogP contribution >= 0.6 is 0 Å². The van der Waals surface area contributed by atoms with Crippen LogP contribution in [0.2, 0.25) is 0 Å². The highest BCUT2D eigenvalue weighted by Gasteiger charge is 2.38. The minimum absolute atomic E-state index is 0.00858. The van der Waals surface area contributed by atoms with E-state index in [1.54, 1.807) is 17.0 Å². The van der Waals surface area contributed by atoms with Crippen molar-refractivity contribution >= 4 is 21.7 Å². The van der Waals surface area contributed by atoms with Crippen molar-refractivity contribution < 1.29 is 32.2 Å². The second-order valence-corrected chi connectivity index (χ2v) is 10.0. The molecule has 1 atom stereocenters. The third-order valence-electron chi connectivity index (χ3n) is 5.79. The molecular formula is C20H25NO7S. The van der Waals surface area contributed by atoms with Crippen LogP contribution in [0.4, 0.5) is 0 Å². The largest absolute Gasteiger partial charge is 0.454 e. The Kier molecular flexibility index (Phi) is 5.67. The number of fused-ring (bicyclic) bond motifs is 1. The summed E-state index contributed by atoms with van der Waals surface area (Å²) < 4.78 is 39.6. The standard InChI is InChI=1S/C20H25NO7S/c22-19(11-26-20(23)14-6-7-17-18(10-14)28-13-27-17)21(15-4-2-1-3-5-15)16-8-9-29(24,25)12-16/h6-7,10,15-16H,1-5,8-9,11-13H2/t16-/m0/s1. The first kappa shape index (κ1) is 20.0. The van der Waals surface area contributed by atoms with Gasteiger partial charge in [-0.15, -0.1) is 0 Å². The summed E-state index contributed by atoms with van der Waals surface area (Å²) in [6.45, 7) is -0.298. The van der Waals surface area contributed by atoms with E-state index in [-0.39, 0.29) is 41.9 Å². The molecule has 9 heteroatoms. The Hall–Kier alpha value is -2.29. The Morgan fingerprint density at radius 2 is 1.79 bits per heavy atom. The van der Waals surface area contributed by atoms with E-state index in [0.717, 1.165) is 32.1 Å². The van der Waals surface area contributed by atoms with E-state index in [1.165, 1.54) is 6.07 Å². The highest BCUT2D eigenvalue weighted by Crippen LogP contribution is 2.33. The molecule has 0 aromatic heterocycles. The zero-order valence-corrected chi connectivity index (χ0v) is 17.0. The minimum atomic E-state index is -3.12. The summed E-state index contributed by atoms with van der Waals surface area (Å²) in [5.41, 5.74) is 0.273. The summed E-state index contributed by atoms with van der Waals surface area (Å²) in [6, 6.07) is 4.39. The first-order valence-corrected chi connectivity index (χ1v) is 11.8. The summed E-state index contributed by atoms with van der Waals surface area (Å²) in [5.74, 6) is 0.165. The number of ether oxygens (including phenoxy) is 3. The van der Waals surface area contributed by atoms with E-state index in [2.05, 4.69) is 0 Å². The van der Waals surface area contributed by atoms with Crippen molar-refractivity contribution in [1.29, 1.82) is 0 Å². The van der Waals surface area contributed by atoms with Gasteiger partial charge in [0, 0.05) is 12.1 Å². The van der Waals surface area contributed by atoms with Crippen LogP contribution < -0.4 is 9.47 Å². The van der Waals surface area contributed by atoms with Crippen molar-refractivity contribution in [2.75, 3.05) is 24.9 Å². The van der Waals surface area contributed by atoms with Crippen LogP contribution in [-0.2, 0) is 19.4 Å². The molecule has 0 spiro atoms. The summed E-state index contributed by atoms with van der Waals surface area (Å²) >= 11 is 0. The molecule has 1 saturated carbocycles. The van der Waals surface area contributed by atoms with Gasteiger partial charge in [-0.2, -0.15) is 0 Å². The van der Waals surface area contributed by atoms with Crippen molar-refractivity contribution in [1.82, 2.24) is 4.90 Å². The molecule has 2 fully saturated rings. The molecule has 0 bridgehead atoms. The fourth-order valence-electron chi connectivity index (χ4n) is 4.37. The number of esters is 1. The van der Waals surface area contributed by atoms with E-state index in [9.17, 15) is 18.0 Å². The number of amides is 1. The molecule has 0 N–H and O–H groups in total. The Morgan fingerprint density at radius 3 is 2.52 bits per heavy atom. The second kappa shape index (κ2) is 8.22. The predicted octanol–water partition coefficient (Wildman–Crippen LogP) is 1.92. The van der Waals surface area contributed by atoms with E-state index >= 15 is 0 Å². The SMILES string of the molecule is O=C(OCC(=O)N(C1CCCCC1)[C@H]1CCS(=O)(=O)C1)c1ccc2c(c1)OCO2. The topological polar surface area (TPSA) is 99.2 Å². The number of hydrogen-bond acceptors (Lipinski definition) is 7. The molecule has 4 rings (SSSR count). The molecule has 0 unspecified atom stereocenters. The molecule has 1 aromatic rings. The van der Waals surface area contributed by atoms with Gasteiger partial charge in [-0.05, 0) is 37.5 Å². The Labute approximate surface area is 170 Å². The summed E-state index contributed by atoms with van der Waals surface area (Å²) in [6.07, 6.45) is 5.33. The predicted molar refractivity (Wildman–Crippen MR) is 104 cm³/mol. The van der Waals surface area contributed by atoms with Crippen LogP contribution in [0.25, 0.3) is 0 Å². The van der Waals surface area contributed by atoms with Gasteiger partial charge in [0.15, 0.2) is 27.9 Å². The number of carbonyl (C=O) groups is 2. The molecule has 29 heavy (non-hydrogen) atoms. The van der Waals surface area contributed by atoms with Gasteiger partial charge in [0.25, 0.3) is 5.91 Å². The Bertz CT molecular complexity index is 892. The van der Waals surface area contributed by atoms with Crippen LogP contribution in [0.3, 0.4) is 0 Å². The molecule has 1 saturated heterocycles. The molecule has 8 nitrogen and oxygen atoms in total. The highest BCUT2D eigenvalue weighted by atomic mass is 32.2. The second-order valence-electron chi connectivity index (χ2n) is 7.79. The lowest BCUT2D eigenvalue weighted by molar-refractivity contribution is -0.140. The van der Waals surface area contributed by atoms with Gasteiger partial charge in [0.1, 0.15) is 0 Å². The van der Waals surface area contributed by atoms with Gasteiger partial charge in [0.05, 0.1) is 17.1 Å². The van der Waals surface area contributed by atoms with Gasteiger partial charge in [-0.1, -0.05) is 19.3 Å². The number of carbonyl (C=O) groups excluding carboxylic acids is 2. The van der Waals surface area contributed by atoms with Crippen LogP contribution in [0.5, 0.6) is 11.5 Å². The molecule has 2 aliphatic heterocycles. The lowest BCUT2D eigenvalue weighted by Gasteiger charge is -2.38. The van der Waals surface area contributed by atoms with E-state index in [1.807, 2.05) is 0 Å². The first-order chi connectivity index (χ1) is 13.9. The summed E-state index contributed by atoms with van der Waals surface area (Å²) in [7, 11) is -3.12. The molecule has 158 valence electrons. The van der Waals surface area contributed by atoms with Crippen LogP contribution in [-0.4, -0.2) is 62.2 Å². The van der Waals surface area contributed by atoms with Crippen molar-refractivity contribution in [3.8, 4) is 11.5 Å². The molecule has 1 aliphatic carbocycles. The van der Waals surface area contributed by atoms with Gasteiger partial charge < -0.3 is 19.1 Å². The van der Waals surface area contributed by atoms with Gasteiger partial charge in [0.2, 0.25) is 6.79 Å². The molecule has 2 heterocycles. The lowest BCUT2D eigenvalue weighted by Crippen LogP contribution is -2.50. The molecule has 1 amide bonds. The number of rotatable bonds is 5. The normalized spacial score (nSPS) is 23.0. The zero-order valence-electron chi connectivity index (χ0n) is 16.2. The van der Waals surface area contributed by atoms with Crippen molar-refractivity contribution in [2.24, 2.45) is 0 Å². The first-order valence-electron chi connectivity index (χ1n) is 10.0. The third kappa shape index (κ3) is 4.49. The quantitative estimate of drug-likeness (QED) is 0.667. The van der Waals surface area contributed by atoms with E-state index < -0.39 is 22.4 Å². The monoisotopic (exact) mass is 423 g/mol. The van der Waals surface area contributed by atoms with E-state index in [0.29, 0.717) is 17.9 Å². The molecule has 3 aliphatic rings. The Morgan fingerprint density at radius 1 is 1.03 bits per heavy atom.